The second-order valence-corrected chi connectivity index (χ2v) is 3.01. The maximum absolute atomic E-state index is 12.5. The van der Waals surface area contributed by atoms with Crippen LogP contribution in [-0.4, -0.2) is 11.7 Å². The van der Waals surface area contributed by atoms with Gasteiger partial charge in [-0.1, -0.05) is 23.3 Å². The maximum atomic E-state index is 12.5. The van der Waals surface area contributed by atoms with E-state index in [1.54, 1.807) is 0 Å². The molecule has 0 saturated heterocycles. The zero-order chi connectivity index (χ0) is 12.2. The van der Waals surface area contributed by atoms with E-state index in [2.05, 4.69) is 10.0 Å². The van der Waals surface area contributed by atoms with Gasteiger partial charge in [0.25, 0.3) is 0 Å². The number of aliphatic hydroxyl groups is 1. The molecule has 86 valence electrons. The van der Waals surface area contributed by atoms with Crippen molar-refractivity contribution < 1.29 is 18.3 Å². The average Bonchev–Trinajstić information content (AvgIpc) is 2.24. The maximum Gasteiger partial charge on any atom is 0.416 e. The first-order chi connectivity index (χ1) is 7.46. The smallest absolute Gasteiger partial charge is 0.388 e. The molecule has 0 radical (unpaired) electrons. The summed E-state index contributed by atoms with van der Waals surface area (Å²) < 4.78 is 37.5. The van der Waals surface area contributed by atoms with Gasteiger partial charge in [-0.3, -0.25) is 0 Å². The number of hydrogen-bond donors (Lipinski definition) is 1. The van der Waals surface area contributed by atoms with E-state index in [0.29, 0.717) is 0 Å². The molecular weight excluding hydrogens is 223 g/mol. The molecule has 0 aliphatic rings. The first kappa shape index (κ1) is 12.4. The predicted molar refractivity (Wildman–Crippen MR) is 50.4 cm³/mol. The fourth-order valence-electron chi connectivity index (χ4n) is 1.26. The van der Waals surface area contributed by atoms with E-state index < -0.39 is 24.4 Å². The third-order valence-electron chi connectivity index (χ3n) is 1.94. The van der Waals surface area contributed by atoms with Crippen molar-refractivity contribution in [2.75, 3.05) is 6.54 Å². The number of alkyl halides is 3. The number of benzene rings is 1. The van der Waals surface area contributed by atoms with Gasteiger partial charge in [-0.2, -0.15) is 13.2 Å². The fourth-order valence-corrected chi connectivity index (χ4v) is 1.26. The van der Waals surface area contributed by atoms with Crippen molar-refractivity contribution in [2.45, 2.75) is 12.3 Å². The normalized spacial score (nSPS) is 13.0. The number of nitrogens with zero attached hydrogens (tertiary/aromatic N) is 3. The number of aliphatic hydroxyl groups excluding tert-OH is 1. The second kappa shape index (κ2) is 4.87. The van der Waals surface area contributed by atoms with Gasteiger partial charge in [0.2, 0.25) is 0 Å². The van der Waals surface area contributed by atoms with Gasteiger partial charge < -0.3 is 5.11 Å². The van der Waals surface area contributed by atoms with Crippen molar-refractivity contribution >= 4 is 0 Å². The Morgan fingerprint density at radius 1 is 1.38 bits per heavy atom. The lowest BCUT2D eigenvalue weighted by molar-refractivity contribution is -0.139. The Kier molecular flexibility index (Phi) is 3.76. The van der Waals surface area contributed by atoms with Gasteiger partial charge >= 0.3 is 6.18 Å². The van der Waals surface area contributed by atoms with E-state index in [9.17, 15) is 18.3 Å². The SMILES string of the molecule is [N-]=[N+]=NCC(O)c1ccccc1C(F)(F)F. The second-order valence-electron chi connectivity index (χ2n) is 3.01. The first-order valence-corrected chi connectivity index (χ1v) is 4.32. The van der Waals surface area contributed by atoms with Crippen LogP contribution in [0.15, 0.2) is 29.4 Å². The Balaban J connectivity index is 3.08. The highest BCUT2D eigenvalue weighted by Gasteiger charge is 2.34. The van der Waals surface area contributed by atoms with Gasteiger partial charge in [0.15, 0.2) is 0 Å². The van der Waals surface area contributed by atoms with Gasteiger partial charge in [0.05, 0.1) is 18.2 Å². The van der Waals surface area contributed by atoms with Gasteiger partial charge in [0, 0.05) is 4.91 Å². The van der Waals surface area contributed by atoms with Crippen LogP contribution in [0, 0.1) is 0 Å². The summed E-state index contributed by atoms with van der Waals surface area (Å²) in [5, 5.41) is 12.5. The highest BCUT2D eigenvalue weighted by atomic mass is 19.4. The molecular formula is C9H8F3N3O. The number of hydrogen-bond acceptors (Lipinski definition) is 2. The van der Waals surface area contributed by atoms with E-state index in [0.717, 1.165) is 12.1 Å². The standard InChI is InChI=1S/C9H8F3N3O/c10-9(11,12)7-4-2-1-3-6(7)8(16)5-14-15-13/h1-4,8,16H,5H2. The quantitative estimate of drug-likeness (QED) is 0.484. The Labute approximate surface area is 89.0 Å². The van der Waals surface area contributed by atoms with Crippen molar-refractivity contribution in [3.8, 4) is 0 Å². The third-order valence-corrected chi connectivity index (χ3v) is 1.94. The fraction of sp³-hybridized carbons (Fsp3) is 0.333. The zero-order valence-corrected chi connectivity index (χ0v) is 8.02. The van der Waals surface area contributed by atoms with Crippen molar-refractivity contribution in [2.24, 2.45) is 5.11 Å². The Bertz CT molecular complexity index is 413. The molecule has 1 aromatic carbocycles. The molecule has 7 heteroatoms. The monoisotopic (exact) mass is 231 g/mol. The minimum Gasteiger partial charge on any atom is -0.388 e. The van der Waals surface area contributed by atoms with E-state index in [1.165, 1.54) is 12.1 Å². The summed E-state index contributed by atoms with van der Waals surface area (Å²) in [6.45, 7) is -0.427. The minimum atomic E-state index is -4.53. The number of azide groups is 1. The molecule has 4 nitrogen and oxygen atoms in total. The molecule has 0 bridgehead atoms. The molecule has 1 N–H and O–H groups in total. The molecule has 0 spiro atoms. The van der Waals surface area contributed by atoms with Crippen molar-refractivity contribution in [1.29, 1.82) is 0 Å². The molecule has 0 aromatic heterocycles. The average molecular weight is 231 g/mol. The molecule has 0 fully saturated rings. The summed E-state index contributed by atoms with van der Waals surface area (Å²) in [6.07, 6.45) is -5.98. The van der Waals surface area contributed by atoms with Crippen molar-refractivity contribution in [3.05, 3.63) is 45.8 Å². The van der Waals surface area contributed by atoms with Crippen molar-refractivity contribution in [3.63, 3.8) is 0 Å². The van der Waals surface area contributed by atoms with Crippen LogP contribution in [0.4, 0.5) is 13.2 Å². The highest BCUT2D eigenvalue weighted by molar-refractivity contribution is 5.31. The van der Waals surface area contributed by atoms with Crippen molar-refractivity contribution in [1.82, 2.24) is 0 Å². The topological polar surface area (TPSA) is 69.0 Å². The van der Waals surface area contributed by atoms with Crippen LogP contribution in [-0.2, 0) is 6.18 Å². The number of rotatable bonds is 3. The molecule has 0 aliphatic carbocycles. The molecule has 16 heavy (non-hydrogen) atoms. The van der Waals surface area contributed by atoms with Crippen LogP contribution in [0.3, 0.4) is 0 Å². The lowest BCUT2D eigenvalue weighted by Crippen LogP contribution is -2.13. The summed E-state index contributed by atoms with van der Waals surface area (Å²) in [7, 11) is 0. The van der Waals surface area contributed by atoms with E-state index in [1.807, 2.05) is 0 Å². The molecule has 0 saturated carbocycles. The molecule has 0 aliphatic heterocycles. The highest BCUT2D eigenvalue weighted by Crippen LogP contribution is 2.34. The number of halogens is 3. The summed E-state index contributed by atoms with van der Waals surface area (Å²) in [5.41, 5.74) is 6.81. The molecule has 1 atom stereocenters. The molecule has 1 unspecified atom stereocenters. The Morgan fingerprint density at radius 3 is 2.56 bits per heavy atom. The van der Waals surface area contributed by atoms with Gasteiger partial charge in [-0.05, 0) is 17.2 Å². The van der Waals surface area contributed by atoms with E-state index in [-0.39, 0.29) is 5.56 Å². The predicted octanol–water partition coefficient (Wildman–Crippen LogP) is 3.05. The molecule has 0 amide bonds. The van der Waals surface area contributed by atoms with Crippen LogP contribution in [0.5, 0.6) is 0 Å². The van der Waals surface area contributed by atoms with Crippen LogP contribution in [0.2, 0.25) is 0 Å². The third kappa shape index (κ3) is 2.88. The largest absolute Gasteiger partial charge is 0.416 e. The van der Waals surface area contributed by atoms with Crippen LogP contribution in [0.1, 0.15) is 17.2 Å². The lowest BCUT2D eigenvalue weighted by Gasteiger charge is -2.15. The molecule has 0 heterocycles. The van der Waals surface area contributed by atoms with Gasteiger partial charge in [0.1, 0.15) is 0 Å². The first-order valence-electron chi connectivity index (χ1n) is 4.32. The zero-order valence-electron chi connectivity index (χ0n) is 8.02. The Morgan fingerprint density at radius 2 is 2.00 bits per heavy atom. The minimum absolute atomic E-state index is 0.289. The van der Waals surface area contributed by atoms with Gasteiger partial charge in [-0.25, -0.2) is 0 Å². The summed E-state index contributed by atoms with van der Waals surface area (Å²) in [5.74, 6) is 0. The van der Waals surface area contributed by atoms with Crippen LogP contribution in [0.25, 0.3) is 10.4 Å². The van der Waals surface area contributed by atoms with Crippen LogP contribution < -0.4 is 0 Å². The summed E-state index contributed by atoms with van der Waals surface area (Å²) in [4.78, 5) is 2.38. The van der Waals surface area contributed by atoms with Gasteiger partial charge in [-0.15, -0.1) is 0 Å². The summed E-state index contributed by atoms with van der Waals surface area (Å²) in [6, 6.07) is 4.63. The summed E-state index contributed by atoms with van der Waals surface area (Å²) >= 11 is 0. The van der Waals surface area contributed by atoms with Crippen LogP contribution >= 0.6 is 0 Å². The van der Waals surface area contributed by atoms with E-state index >= 15 is 0 Å². The Hall–Kier alpha value is -1.72. The molecule has 1 aromatic rings. The lowest BCUT2D eigenvalue weighted by atomic mass is 10.0. The van der Waals surface area contributed by atoms with E-state index in [4.69, 9.17) is 5.53 Å². The molecule has 1 rings (SSSR count).